The van der Waals surface area contributed by atoms with Gasteiger partial charge in [-0.2, -0.15) is 0 Å². The highest BCUT2D eigenvalue weighted by atomic mass is 32.2. The van der Waals surface area contributed by atoms with Crippen molar-refractivity contribution in [1.82, 2.24) is 19.7 Å². The molecule has 1 amide bonds. The Hall–Kier alpha value is -2.06. The number of thiophene rings is 1. The first-order valence-corrected chi connectivity index (χ1v) is 9.84. The van der Waals surface area contributed by atoms with Gasteiger partial charge in [-0.3, -0.25) is 4.79 Å². The van der Waals surface area contributed by atoms with Crippen LogP contribution in [0.25, 0.3) is 10.7 Å². The van der Waals surface area contributed by atoms with E-state index in [1.54, 1.807) is 23.3 Å². The van der Waals surface area contributed by atoms with Gasteiger partial charge < -0.3 is 13.9 Å². The minimum atomic E-state index is 0.0300. The number of nitrogens with zero attached hydrogens (tertiary/aromatic N) is 4. The normalized spacial score (nSPS) is 11.0. The number of furan rings is 1. The van der Waals surface area contributed by atoms with Crippen LogP contribution in [0.3, 0.4) is 0 Å². The molecule has 0 bridgehead atoms. The zero-order valence-corrected chi connectivity index (χ0v) is 16.1. The summed E-state index contributed by atoms with van der Waals surface area (Å²) >= 11 is 3.05. The van der Waals surface area contributed by atoms with Gasteiger partial charge in [-0.1, -0.05) is 17.8 Å². The van der Waals surface area contributed by atoms with Crippen LogP contribution in [-0.4, -0.2) is 38.4 Å². The number of carbonyl (C=O) groups is 1. The molecular weight excluding hydrogens is 356 g/mol. The fourth-order valence-corrected chi connectivity index (χ4v) is 4.06. The van der Waals surface area contributed by atoms with Gasteiger partial charge in [-0.15, -0.1) is 21.5 Å². The lowest BCUT2D eigenvalue weighted by atomic mass is 10.4. The quantitative estimate of drug-likeness (QED) is 0.589. The van der Waals surface area contributed by atoms with E-state index in [0.29, 0.717) is 12.3 Å². The number of hydrogen-bond acceptors (Lipinski definition) is 6. The SMILES string of the molecule is CCn1c(SCC(=O)N(C)Cc2ccc(C)o2)nnc1-c1cccs1. The second-order valence-electron chi connectivity index (χ2n) is 5.58. The third kappa shape index (κ3) is 4.13. The molecular formula is C17H20N4O2S2. The Morgan fingerprint density at radius 3 is 2.84 bits per heavy atom. The predicted octanol–water partition coefficient (Wildman–Crippen LogP) is 3.68. The highest BCUT2D eigenvalue weighted by molar-refractivity contribution is 7.99. The average molecular weight is 377 g/mol. The minimum Gasteiger partial charge on any atom is -0.464 e. The summed E-state index contributed by atoms with van der Waals surface area (Å²) in [5.74, 6) is 2.84. The molecule has 0 aliphatic carbocycles. The molecule has 0 aliphatic rings. The molecule has 0 fully saturated rings. The van der Waals surface area contributed by atoms with E-state index in [-0.39, 0.29) is 5.91 Å². The van der Waals surface area contributed by atoms with E-state index in [9.17, 15) is 4.79 Å². The first-order valence-electron chi connectivity index (χ1n) is 7.97. The molecule has 0 N–H and O–H groups in total. The van der Waals surface area contributed by atoms with Crippen molar-refractivity contribution in [3.8, 4) is 10.7 Å². The molecule has 3 aromatic rings. The number of hydrogen-bond donors (Lipinski definition) is 0. The van der Waals surface area contributed by atoms with Crippen LogP contribution in [0.4, 0.5) is 0 Å². The van der Waals surface area contributed by atoms with Gasteiger partial charge in [0.1, 0.15) is 11.5 Å². The average Bonchev–Trinajstić information content (AvgIpc) is 3.32. The monoisotopic (exact) mass is 376 g/mol. The van der Waals surface area contributed by atoms with E-state index in [1.807, 2.05) is 41.1 Å². The van der Waals surface area contributed by atoms with Crippen LogP contribution in [0, 0.1) is 6.92 Å². The summed E-state index contributed by atoms with van der Waals surface area (Å²) in [5.41, 5.74) is 0. The van der Waals surface area contributed by atoms with Crippen molar-refractivity contribution in [2.45, 2.75) is 32.1 Å². The van der Waals surface area contributed by atoms with Crippen molar-refractivity contribution in [1.29, 1.82) is 0 Å². The van der Waals surface area contributed by atoms with Gasteiger partial charge in [0, 0.05) is 13.6 Å². The van der Waals surface area contributed by atoms with Crippen LogP contribution in [0.1, 0.15) is 18.4 Å². The topological polar surface area (TPSA) is 64.2 Å². The Bertz CT molecular complexity index is 839. The first-order chi connectivity index (χ1) is 12.1. The molecule has 0 aliphatic heterocycles. The third-order valence-corrected chi connectivity index (χ3v) is 5.53. The number of aromatic nitrogens is 3. The lowest BCUT2D eigenvalue weighted by Crippen LogP contribution is -2.27. The van der Waals surface area contributed by atoms with Crippen LogP contribution in [0.2, 0.25) is 0 Å². The van der Waals surface area contributed by atoms with Crippen LogP contribution in [0.15, 0.2) is 39.2 Å². The lowest BCUT2D eigenvalue weighted by Gasteiger charge is -2.15. The maximum absolute atomic E-state index is 12.4. The van der Waals surface area contributed by atoms with Crippen LogP contribution < -0.4 is 0 Å². The second-order valence-corrected chi connectivity index (χ2v) is 7.47. The second kappa shape index (κ2) is 7.88. The summed E-state index contributed by atoms with van der Waals surface area (Å²) < 4.78 is 7.56. The van der Waals surface area contributed by atoms with Gasteiger partial charge in [0.05, 0.1) is 17.2 Å². The van der Waals surface area contributed by atoms with E-state index >= 15 is 0 Å². The van der Waals surface area contributed by atoms with Gasteiger partial charge in [-0.25, -0.2) is 0 Å². The fourth-order valence-electron chi connectivity index (χ4n) is 2.40. The zero-order valence-electron chi connectivity index (χ0n) is 14.4. The Morgan fingerprint density at radius 1 is 1.36 bits per heavy atom. The molecule has 0 radical (unpaired) electrons. The van der Waals surface area contributed by atoms with E-state index in [4.69, 9.17) is 4.42 Å². The molecule has 25 heavy (non-hydrogen) atoms. The van der Waals surface area contributed by atoms with Crippen LogP contribution in [0.5, 0.6) is 0 Å². The molecule has 3 heterocycles. The Morgan fingerprint density at radius 2 is 2.20 bits per heavy atom. The highest BCUT2D eigenvalue weighted by Gasteiger charge is 2.17. The van der Waals surface area contributed by atoms with Crippen molar-refractivity contribution in [2.75, 3.05) is 12.8 Å². The summed E-state index contributed by atoms with van der Waals surface area (Å²) in [6.45, 7) is 5.17. The number of thioether (sulfide) groups is 1. The van der Waals surface area contributed by atoms with Crippen LogP contribution in [-0.2, 0) is 17.9 Å². The van der Waals surface area contributed by atoms with Crippen molar-refractivity contribution in [3.63, 3.8) is 0 Å². The molecule has 3 rings (SSSR count). The number of carbonyl (C=O) groups excluding carboxylic acids is 1. The lowest BCUT2D eigenvalue weighted by molar-refractivity contribution is -0.127. The Balaban J connectivity index is 1.62. The highest BCUT2D eigenvalue weighted by Crippen LogP contribution is 2.27. The largest absolute Gasteiger partial charge is 0.464 e. The van der Waals surface area contributed by atoms with Gasteiger partial charge in [0.2, 0.25) is 5.91 Å². The van der Waals surface area contributed by atoms with Crippen molar-refractivity contribution in [3.05, 3.63) is 41.2 Å². The van der Waals surface area contributed by atoms with Crippen LogP contribution >= 0.6 is 23.1 Å². The molecule has 132 valence electrons. The molecule has 0 aromatic carbocycles. The van der Waals surface area contributed by atoms with Crippen molar-refractivity contribution in [2.24, 2.45) is 0 Å². The molecule has 0 saturated heterocycles. The molecule has 0 spiro atoms. The van der Waals surface area contributed by atoms with Gasteiger partial charge in [0.15, 0.2) is 11.0 Å². The predicted molar refractivity (Wildman–Crippen MR) is 99.7 cm³/mol. The maximum Gasteiger partial charge on any atom is 0.233 e. The summed E-state index contributed by atoms with van der Waals surface area (Å²) in [6, 6.07) is 7.82. The summed E-state index contributed by atoms with van der Waals surface area (Å²) in [5, 5.41) is 11.3. The molecule has 6 nitrogen and oxygen atoms in total. The van der Waals surface area contributed by atoms with Crippen molar-refractivity contribution >= 4 is 29.0 Å². The Labute approximate surface area is 154 Å². The van der Waals surface area contributed by atoms with Gasteiger partial charge >= 0.3 is 0 Å². The zero-order chi connectivity index (χ0) is 17.8. The molecule has 0 saturated carbocycles. The molecule has 3 aromatic heterocycles. The van der Waals surface area contributed by atoms with Gasteiger partial charge in [0.25, 0.3) is 0 Å². The maximum atomic E-state index is 12.4. The standard InChI is InChI=1S/C17H20N4O2S2/c1-4-21-16(14-6-5-9-24-14)18-19-17(21)25-11-15(22)20(3)10-13-8-7-12(2)23-13/h5-9H,4,10-11H2,1-3H3. The first kappa shape index (κ1) is 17.8. The summed E-state index contributed by atoms with van der Waals surface area (Å²) in [4.78, 5) is 15.1. The number of rotatable bonds is 7. The van der Waals surface area contributed by atoms with E-state index in [2.05, 4.69) is 17.1 Å². The fraction of sp³-hybridized carbons (Fsp3) is 0.353. The van der Waals surface area contributed by atoms with Gasteiger partial charge in [-0.05, 0) is 37.4 Å². The summed E-state index contributed by atoms with van der Waals surface area (Å²) in [6.07, 6.45) is 0. The van der Waals surface area contributed by atoms with E-state index < -0.39 is 0 Å². The number of aryl methyl sites for hydroxylation is 1. The summed E-state index contributed by atoms with van der Waals surface area (Å²) in [7, 11) is 1.78. The smallest absolute Gasteiger partial charge is 0.233 e. The molecule has 0 unspecified atom stereocenters. The van der Waals surface area contributed by atoms with E-state index in [1.165, 1.54) is 11.8 Å². The number of amides is 1. The van der Waals surface area contributed by atoms with Crippen molar-refractivity contribution < 1.29 is 9.21 Å². The van der Waals surface area contributed by atoms with E-state index in [0.717, 1.165) is 33.9 Å². The third-order valence-electron chi connectivity index (χ3n) is 3.71. The minimum absolute atomic E-state index is 0.0300. The Kier molecular flexibility index (Phi) is 5.60. The molecule has 8 heteroatoms. The molecule has 0 atom stereocenters.